The first-order chi connectivity index (χ1) is 13.1. The molecule has 3 aromatic rings. The van der Waals surface area contributed by atoms with E-state index in [0.717, 1.165) is 20.8 Å². The Morgan fingerprint density at radius 2 is 1.63 bits per heavy atom. The molecule has 0 atom stereocenters. The molecule has 0 unspecified atom stereocenters. The van der Waals surface area contributed by atoms with Gasteiger partial charge in [-0.2, -0.15) is 0 Å². The van der Waals surface area contributed by atoms with Crippen molar-refractivity contribution in [1.29, 1.82) is 0 Å². The normalized spacial score (nSPS) is 10.3. The number of carbonyl (C=O) groups excluding carboxylic acids is 2. The molecule has 3 aromatic carbocycles. The Labute approximate surface area is 164 Å². The molecule has 0 aliphatic carbocycles. The van der Waals surface area contributed by atoms with Crippen molar-refractivity contribution in [3.8, 4) is 5.75 Å². The fourth-order valence-corrected chi connectivity index (χ4v) is 2.99. The number of amides is 2. The van der Waals surface area contributed by atoms with E-state index in [0.29, 0.717) is 5.75 Å². The number of rotatable bonds is 5. The molecule has 2 N–H and O–H groups in total. The number of benzene rings is 3. The molecule has 138 valence electrons. The van der Waals surface area contributed by atoms with Crippen molar-refractivity contribution in [2.24, 2.45) is 0 Å². The van der Waals surface area contributed by atoms with Crippen LogP contribution < -0.4 is 15.6 Å². The summed E-state index contributed by atoms with van der Waals surface area (Å²) in [6, 6.07) is 20.7. The number of nitrogens with one attached hydrogen (secondary N) is 2. The Bertz CT molecular complexity index is 947. The predicted molar refractivity (Wildman–Crippen MR) is 105 cm³/mol. The fourth-order valence-electron chi connectivity index (χ4n) is 2.38. The molecule has 7 heteroatoms. The Balaban J connectivity index is 1.44. The zero-order chi connectivity index (χ0) is 19.1. The summed E-state index contributed by atoms with van der Waals surface area (Å²) in [5, 5.41) is 2.04. The monoisotopic (exact) mass is 428 g/mol. The van der Waals surface area contributed by atoms with Gasteiger partial charge in [-0.25, -0.2) is 10.2 Å². The van der Waals surface area contributed by atoms with Crippen LogP contribution in [0.1, 0.15) is 5.56 Å². The highest BCUT2D eigenvalue weighted by molar-refractivity contribution is 9.10. The van der Waals surface area contributed by atoms with Gasteiger partial charge in [-0.1, -0.05) is 60.7 Å². The fraction of sp³-hybridized carbons (Fsp3) is 0.100. The van der Waals surface area contributed by atoms with E-state index in [-0.39, 0.29) is 13.2 Å². The van der Waals surface area contributed by atoms with Crippen LogP contribution in [0.4, 0.5) is 4.79 Å². The molecule has 0 bridgehead atoms. The lowest BCUT2D eigenvalue weighted by molar-refractivity contribution is -0.124. The van der Waals surface area contributed by atoms with Gasteiger partial charge in [-0.3, -0.25) is 10.2 Å². The first-order valence-electron chi connectivity index (χ1n) is 8.19. The van der Waals surface area contributed by atoms with Gasteiger partial charge in [0.05, 0.1) is 4.47 Å². The topological polar surface area (TPSA) is 76.7 Å². The molecule has 0 aliphatic rings. The summed E-state index contributed by atoms with van der Waals surface area (Å²) in [6.45, 7) is -0.140. The summed E-state index contributed by atoms with van der Waals surface area (Å²) in [4.78, 5) is 23.4. The summed E-state index contributed by atoms with van der Waals surface area (Å²) in [5.74, 6) is 0.0298. The first-order valence-corrected chi connectivity index (χ1v) is 8.98. The lowest BCUT2D eigenvalue weighted by atomic mass is 10.1. The van der Waals surface area contributed by atoms with Crippen LogP contribution in [0.25, 0.3) is 10.8 Å². The van der Waals surface area contributed by atoms with E-state index in [1.807, 2.05) is 60.7 Å². The van der Waals surface area contributed by atoms with E-state index in [1.54, 1.807) is 6.07 Å². The minimum absolute atomic E-state index is 0.114. The number of fused-ring (bicyclic) bond motifs is 1. The van der Waals surface area contributed by atoms with Gasteiger partial charge in [-0.15, -0.1) is 0 Å². The van der Waals surface area contributed by atoms with Crippen LogP contribution in [0.2, 0.25) is 0 Å². The predicted octanol–water partition coefficient (Wildman–Crippen LogP) is 3.94. The van der Waals surface area contributed by atoms with E-state index >= 15 is 0 Å². The zero-order valence-corrected chi connectivity index (χ0v) is 15.9. The summed E-state index contributed by atoms with van der Waals surface area (Å²) >= 11 is 3.49. The minimum Gasteiger partial charge on any atom is -0.483 e. The Morgan fingerprint density at radius 3 is 2.44 bits per heavy atom. The van der Waals surface area contributed by atoms with Crippen LogP contribution in [0.3, 0.4) is 0 Å². The molecule has 0 radical (unpaired) electrons. The molecule has 3 rings (SSSR count). The zero-order valence-electron chi connectivity index (χ0n) is 14.3. The van der Waals surface area contributed by atoms with Gasteiger partial charge >= 0.3 is 6.09 Å². The van der Waals surface area contributed by atoms with Crippen molar-refractivity contribution in [1.82, 2.24) is 10.9 Å². The molecule has 0 saturated heterocycles. The molecular formula is C20H17BrN2O4. The van der Waals surface area contributed by atoms with E-state index in [4.69, 9.17) is 9.47 Å². The summed E-state index contributed by atoms with van der Waals surface area (Å²) < 4.78 is 11.3. The smallest absolute Gasteiger partial charge is 0.426 e. The second-order valence-corrected chi connectivity index (χ2v) is 6.42. The highest BCUT2D eigenvalue weighted by Crippen LogP contribution is 2.32. The molecule has 0 saturated carbocycles. The summed E-state index contributed by atoms with van der Waals surface area (Å²) in [6.07, 6.45) is -0.751. The highest BCUT2D eigenvalue weighted by atomic mass is 79.9. The van der Waals surface area contributed by atoms with Gasteiger partial charge in [-0.05, 0) is 38.3 Å². The number of hydrazine groups is 1. The van der Waals surface area contributed by atoms with E-state index in [2.05, 4.69) is 26.8 Å². The minimum atomic E-state index is -0.751. The lowest BCUT2D eigenvalue weighted by Crippen LogP contribution is -2.44. The van der Waals surface area contributed by atoms with E-state index in [9.17, 15) is 9.59 Å². The van der Waals surface area contributed by atoms with Crippen LogP contribution in [-0.4, -0.2) is 18.6 Å². The SMILES string of the molecule is O=C(COc1ccc2ccccc2c1Br)NNC(=O)OCc1ccccc1. The van der Waals surface area contributed by atoms with Crippen LogP contribution in [0.15, 0.2) is 71.2 Å². The third-order valence-corrected chi connectivity index (χ3v) is 4.52. The van der Waals surface area contributed by atoms with Crippen molar-refractivity contribution in [2.45, 2.75) is 6.61 Å². The second kappa shape index (κ2) is 9.05. The van der Waals surface area contributed by atoms with Crippen molar-refractivity contribution in [3.63, 3.8) is 0 Å². The molecule has 0 heterocycles. The van der Waals surface area contributed by atoms with Gasteiger partial charge in [0.15, 0.2) is 6.61 Å². The van der Waals surface area contributed by atoms with E-state index < -0.39 is 12.0 Å². The molecule has 0 aliphatic heterocycles. The molecular weight excluding hydrogens is 412 g/mol. The van der Waals surface area contributed by atoms with Gasteiger partial charge in [0, 0.05) is 0 Å². The molecule has 6 nitrogen and oxygen atoms in total. The van der Waals surface area contributed by atoms with Crippen LogP contribution >= 0.6 is 15.9 Å². The van der Waals surface area contributed by atoms with Gasteiger partial charge < -0.3 is 9.47 Å². The maximum absolute atomic E-state index is 11.8. The van der Waals surface area contributed by atoms with Crippen LogP contribution in [0, 0.1) is 0 Å². The standard InChI is InChI=1S/C20H17BrN2O4/c21-19-16-9-5-4-8-15(16)10-11-17(19)26-13-18(24)22-23-20(25)27-12-14-6-2-1-3-7-14/h1-11H,12-13H2,(H,22,24)(H,23,25). The van der Waals surface area contributed by atoms with E-state index in [1.165, 1.54) is 0 Å². The number of ether oxygens (including phenoxy) is 2. The molecule has 0 spiro atoms. The van der Waals surface area contributed by atoms with Crippen molar-refractivity contribution >= 4 is 38.7 Å². The molecule has 27 heavy (non-hydrogen) atoms. The largest absolute Gasteiger partial charge is 0.483 e. The van der Waals surface area contributed by atoms with Gasteiger partial charge in [0.1, 0.15) is 12.4 Å². The quantitative estimate of drug-likeness (QED) is 0.603. The first kappa shape index (κ1) is 18.7. The third kappa shape index (κ3) is 5.21. The summed E-state index contributed by atoms with van der Waals surface area (Å²) in [7, 11) is 0. The Kier molecular flexibility index (Phi) is 6.27. The number of carbonyl (C=O) groups is 2. The van der Waals surface area contributed by atoms with Crippen molar-refractivity contribution < 1.29 is 19.1 Å². The highest BCUT2D eigenvalue weighted by Gasteiger charge is 2.10. The number of hydrogen-bond donors (Lipinski definition) is 2. The average molecular weight is 429 g/mol. The summed E-state index contributed by atoms with van der Waals surface area (Å²) in [5.41, 5.74) is 5.27. The maximum Gasteiger partial charge on any atom is 0.426 e. The average Bonchev–Trinajstić information content (AvgIpc) is 2.71. The van der Waals surface area contributed by atoms with Gasteiger partial charge in [0.25, 0.3) is 5.91 Å². The van der Waals surface area contributed by atoms with Crippen molar-refractivity contribution in [3.05, 3.63) is 76.8 Å². The third-order valence-electron chi connectivity index (χ3n) is 3.70. The van der Waals surface area contributed by atoms with Crippen LogP contribution in [0.5, 0.6) is 5.75 Å². The van der Waals surface area contributed by atoms with Crippen molar-refractivity contribution in [2.75, 3.05) is 6.61 Å². The van der Waals surface area contributed by atoms with Crippen LogP contribution in [-0.2, 0) is 16.1 Å². The lowest BCUT2D eigenvalue weighted by Gasteiger charge is -2.11. The van der Waals surface area contributed by atoms with Gasteiger partial charge in [0.2, 0.25) is 0 Å². The second-order valence-electron chi connectivity index (χ2n) is 5.62. The maximum atomic E-state index is 11.8. The Hall–Kier alpha value is -3.06. The Morgan fingerprint density at radius 1 is 0.889 bits per heavy atom. The molecule has 0 fully saturated rings. The number of hydrogen-bond acceptors (Lipinski definition) is 4. The number of halogens is 1. The molecule has 2 amide bonds. The molecule has 0 aromatic heterocycles.